The molecule has 0 aromatic heterocycles. The number of hydrazone groups is 1. The van der Waals surface area contributed by atoms with Gasteiger partial charge < -0.3 is 14.2 Å². The highest BCUT2D eigenvalue weighted by Gasteiger charge is 2.12. The summed E-state index contributed by atoms with van der Waals surface area (Å²) < 4.78 is 18.1. The maximum atomic E-state index is 12.7. The van der Waals surface area contributed by atoms with E-state index in [9.17, 15) is 4.79 Å². The SMILES string of the molecule is COc1cc(C(=O)N/N=C/c2cc(Br)ccc2OCc2ccc(Cl)cc2Cl)ccc1OCc1ccccc1. The maximum absolute atomic E-state index is 12.7. The summed E-state index contributed by atoms with van der Waals surface area (Å²) in [4.78, 5) is 12.7. The van der Waals surface area contributed by atoms with Crippen molar-refractivity contribution in [1.82, 2.24) is 5.43 Å². The predicted molar refractivity (Wildman–Crippen MR) is 154 cm³/mol. The normalized spacial score (nSPS) is 10.8. The molecule has 4 aromatic rings. The Morgan fingerprint density at radius 1 is 0.895 bits per heavy atom. The second kappa shape index (κ2) is 13.3. The van der Waals surface area contributed by atoms with Crippen molar-refractivity contribution in [1.29, 1.82) is 0 Å². The fraction of sp³-hybridized carbons (Fsp3) is 0.103. The standard InChI is InChI=1S/C29H23BrCl2N2O4/c1-36-28-14-20(8-11-27(28)37-17-19-5-3-2-4-6-19)29(35)34-33-16-22-13-23(30)9-12-26(22)38-18-21-7-10-24(31)15-25(21)32/h2-16H,17-18H2,1H3,(H,34,35)/b33-16+. The number of hydrogen-bond donors (Lipinski definition) is 1. The number of halogens is 3. The summed E-state index contributed by atoms with van der Waals surface area (Å²) in [6.45, 7) is 0.623. The fourth-order valence-corrected chi connectivity index (χ4v) is 4.28. The van der Waals surface area contributed by atoms with Crippen LogP contribution in [0.3, 0.4) is 0 Å². The lowest BCUT2D eigenvalue weighted by Gasteiger charge is -2.12. The summed E-state index contributed by atoms with van der Waals surface area (Å²) in [6, 6.07) is 25.4. The average Bonchev–Trinajstić information content (AvgIpc) is 2.92. The molecule has 9 heteroatoms. The van der Waals surface area contributed by atoms with Crippen molar-refractivity contribution < 1.29 is 19.0 Å². The summed E-state index contributed by atoms with van der Waals surface area (Å²) in [6.07, 6.45) is 1.51. The summed E-state index contributed by atoms with van der Waals surface area (Å²) in [5.74, 6) is 1.15. The first-order valence-electron chi connectivity index (χ1n) is 11.5. The molecule has 0 aliphatic heterocycles. The first-order valence-corrected chi connectivity index (χ1v) is 13.0. The molecular formula is C29H23BrCl2N2O4. The van der Waals surface area contributed by atoms with Crippen molar-refractivity contribution in [3.8, 4) is 17.2 Å². The number of carbonyl (C=O) groups is 1. The Hall–Kier alpha value is -3.52. The highest BCUT2D eigenvalue weighted by Crippen LogP contribution is 2.29. The molecule has 0 radical (unpaired) electrons. The lowest BCUT2D eigenvalue weighted by atomic mass is 10.2. The van der Waals surface area contributed by atoms with Gasteiger partial charge in [-0.3, -0.25) is 4.79 Å². The quantitative estimate of drug-likeness (QED) is 0.147. The van der Waals surface area contributed by atoms with E-state index in [1.54, 1.807) is 36.4 Å². The third kappa shape index (κ3) is 7.51. The molecule has 0 spiro atoms. The van der Waals surface area contributed by atoms with E-state index in [1.165, 1.54) is 13.3 Å². The predicted octanol–water partition coefficient (Wildman–Crippen LogP) is 7.69. The largest absolute Gasteiger partial charge is 0.493 e. The molecule has 0 heterocycles. The molecule has 1 N–H and O–H groups in total. The number of methoxy groups -OCH3 is 1. The molecule has 4 rings (SSSR count). The molecule has 1 amide bonds. The third-order valence-corrected chi connectivity index (χ3v) is 6.48. The second-order valence-corrected chi connectivity index (χ2v) is 9.80. The van der Waals surface area contributed by atoms with Crippen LogP contribution in [-0.2, 0) is 13.2 Å². The number of hydrogen-bond acceptors (Lipinski definition) is 5. The van der Waals surface area contributed by atoms with Gasteiger partial charge in [0.25, 0.3) is 5.91 Å². The summed E-state index contributed by atoms with van der Waals surface area (Å²) in [5.41, 5.74) is 5.39. The van der Waals surface area contributed by atoms with Crippen molar-refractivity contribution in [3.63, 3.8) is 0 Å². The molecule has 0 bridgehead atoms. The highest BCUT2D eigenvalue weighted by atomic mass is 79.9. The Morgan fingerprint density at radius 2 is 1.66 bits per heavy atom. The van der Waals surface area contributed by atoms with Gasteiger partial charge in [-0.15, -0.1) is 0 Å². The minimum absolute atomic E-state index is 0.239. The van der Waals surface area contributed by atoms with Crippen LogP contribution in [-0.4, -0.2) is 19.2 Å². The lowest BCUT2D eigenvalue weighted by molar-refractivity contribution is 0.0954. The van der Waals surface area contributed by atoms with Crippen LogP contribution in [0.1, 0.15) is 27.0 Å². The molecule has 6 nitrogen and oxygen atoms in total. The van der Waals surface area contributed by atoms with E-state index >= 15 is 0 Å². The number of benzene rings is 4. The zero-order valence-corrected chi connectivity index (χ0v) is 23.4. The van der Waals surface area contributed by atoms with E-state index in [2.05, 4.69) is 26.5 Å². The Kier molecular flexibility index (Phi) is 9.65. The van der Waals surface area contributed by atoms with Crippen molar-refractivity contribution in [2.24, 2.45) is 5.10 Å². The molecule has 0 saturated heterocycles. The number of nitrogens with zero attached hydrogens (tertiary/aromatic N) is 1. The van der Waals surface area contributed by atoms with Crippen LogP contribution < -0.4 is 19.6 Å². The zero-order chi connectivity index (χ0) is 26.9. The minimum atomic E-state index is -0.403. The van der Waals surface area contributed by atoms with Gasteiger partial charge in [-0.1, -0.05) is 75.5 Å². The number of amides is 1. The van der Waals surface area contributed by atoms with Gasteiger partial charge in [0, 0.05) is 31.2 Å². The summed E-state index contributed by atoms with van der Waals surface area (Å²) >= 11 is 15.7. The number of rotatable bonds is 10. The minimum Gasteiger partial charge on any atom is -0.493 e. The van der Waals surface area contributed by atoms with Gasteiger partial charge in [0.05, 0.1) is 13.3 Å². The topological polar surface area (TPSA) is 69.2 Å². The van der Waals surface area contributed by atoms with E-state index in [0.717, 1.165) is 15.6 Å². The van der Waals surface area contributed by atoms with Crippen molar-refractivity contribution >= 4 is 51.3 Å². The average molecular weight is 614 g/mol. The fourth-order valence-electron chi connectivity index (χ4n) is 3.43. The van der Waals surface area contributed by atoms with Crippen LogP contribution in [0.15, 0.2) is 94.5 Å². The summed E-state index contributed by atoms with van der Waals surface area (Å²) in [5, 5.41) is 5.19. The van der Waals surface area contributed by atoms with E-state index in [-0.39, 0.29) is 6.61 Å². The molecule has 0 saturated carbocycles. The Morgan fingerprint density at radius 3 is 2.42 bits per heavy atom. The van der Waals surface area contributed by atoms with E-state index < -0.39 is 5.91 Å². The van der Waals surface area contributed by atoms with Crippen molar-refractivity contribution in [2.45, 2.75) is 13.2 Å². The first-order chi connectivity index (χ1) is 18.4. The van der Waals surface area contributed by atoms with Gasteiger partial charge in [0.15, 0.2) is 11.5 Å². The molecule has 0 atom stereocenters. The first kappa shape index (κ1) is 27.5. The molecule has 0 fully saturated rings. The van der Waals surface area contributed by atoms with Gasteiger partial charge >= 0.3 is 0 Å². The van der Waals surface area contributed by atoms with Crippen LogP contribution in [0, 0.1) is 0 Å². The van der Waals surface area contributed by atoms with Gasteiger partial charge in [-0.2, -0.15) is 5.10 Å². The van der Waals surface area contributed by atoms with Crippen molar-refractivity contribution in [2.75, 3.05) is 7.11 Å². The van der Waals surface area contributed by atoms with Crippen LogP contribution in [0.5, 0.6) is 17.2 Å². The van der Waals surface area contributed by atoms with Gasteiger partial charge in [0.1, 0.15) is 19.0 Å². The van der Waals surface area contributed by atoms with E-state index in [0.29, 0.717) is 45.0 Å². The molecule has 194 valence electrons. The van der Waals surface area contributed by atoms with Crippen LogP contribution in [0.25, 0.3) is 0 Å². The molecule has 38 heavy (non-hydrogen) atoms. The van der Waals surface area contributed by atoms with E-state index in [4.69, 9.17) is 37.4 Å². The Labute approximate surface area is 239 Å². The maximum Gasteiger partial charge on any atom is 0.271 e. The van der Waals surface area contributed by atoms with Crippen molar-refractivity contribution in [3.05, 3.63) is 122 Å². The molecule has 0 aliphatic carbocycles. The molecular weight excluding hydrogens is 591 g/mol. The Bertz CT molecular complexity index is 1450. The van der Waals surface area contributed by atoms with Gasteiger partial charge in [-0.25, -0.2) is 5.43 Å². The number of carbonyl (C=O) groups excluding carboxylic acids is 1. The monoisotopic (exact) mass is 612 g/mol. The van der Waals surface area contributed by atoms with Crippen LogP contribution in [0.2, 0.25) is 10.0 Å². The molecule has 4 aromatic carbocycles. The Balaban J connectivity index is 1.40. The smallest absolute Gasteiger partial charge is 0.271 e. The lowest BCUT2D eigenvalue weighted by Crippen LogP contribution is -2.17. The highest BCUT2D eigenvalue weighted by molar-refractivity contribution is 9.10. The van der Waals surface area contributed by atoms with Gasteiger partial charge in [-0.05, 0) is 54.1 Å². The van der Waals surface area contributed by atoms with Crippen LogP contribution in [0.4, 0.5) is 0 Å². The summed E-state index contributed by atoms with van der Waals surface area (Å²) in [7, 11) is 1.52. The third-order valence-electron chi connectivity index (χ3n) is 5.40. The molecule has 0 aliphatic rings. The second-order valence-electron chi connectivity index (χ2n) is 8.05. The number of nitrogens with one attached hydrogen (secondary N) is 1. The van der Waals surface area contributed by atoms with Crippen LogP contribution >= 0.6 is 39.1 Å². The number of ether oxygens (including phenoxy) is 3. The zero-order valence-electron chi connectivity index (χ0n) is 20.3. The van der Waals surface area contributed by atoms with E-state index in [1.807, 2.05) is 48.5 Å². The van der Waals surface area contributed by atoms with Gasteiger partial charge in [0.2, 0.25) is 0 Å². The molecule has 0 unspecified atom stereocenters.